The summed E-state index contributed by atoms with van der Waals surface area (Å²) >= 11 is 1.36. The van der Waals surface area contributed by atoms with Crippen molar-refractivity contribution in [3.05, 3.63) is 50.5 Å². The quantitative estimate of drug-likeness (QED) is 0.697. The van der Waals surface area contributed by atoms with Gasteiger partial charge in [-0.05, 0) is 25.0 Å². The molecule has 1 saturated carbocycles. The van der Waals surface area contributed by atoms with Gasteiger partial charge in [0.15, 0.2) is 0 Å². The zero-order valence-corrected chi connectivity index (χ0v) is 16.2. The summed E-state index contributed by atoms with van der Waals surface area (Å²) in [5.74, 6) is 0.243. The molecule has 0 atom stereocenters. The fourth-order valence-electron chi connectivity index (χ4n) is 2.94. The molecule has 2 aromatic heterocycles. The second-order valence-electron chi connectivity index (χ2n) is 6.85. The molecule has 0 unspecified atom stereocenters. The number of thiazole rings is 1. The van der Waals surface area contributed by atoms with Crippen molar-refractivity contribution in [2.24, 2.45) is 20.0 Å². The first-order valence-corrected chi connectivity index (χ1v) is 9.67. The lowest BCUT2D eigenvalue weighted by atomic mass is 10.2. The van der Waals surface area contributed by atoms with Crippen molar-refractivity contribution in [2.75, 3.05) is 11.1 Å². The van der Waals surface area contributed by atoms with Crippen LogP contribution in [0.4, 0.5) is 11.5 Å². The Morgan fingerprint density at radius 2 is 2.00 bits per heavy atom. The van der Waals surface area contributed by atoms with Gasteiger partial charge in [-0.15, -0.1) is 11.3 Å². The van der Waals surface area contributed by atoms with Gasteiger partial charge in [0.25, 0.3) is 5.56 Å². The molecule has 0 spiro atoms. The number of carbonyl (C=O) groups is 1. The molecule has 1 amide bonds. The first kappa shape index (κ1) is 18.2. The number of nitrogens with one attached hydrogen (secondary N) is 1. The fraction of sp³-hybridized carbons (Fsp3) is 0.263. The first-order valence-electron chi connectivity index (χ1n) is 8.79. The van der Waals surface area contributed by atoms with E-state index in [2.05, 4.69) is 10.3 Å². The summed E-state index contributed by atoms with van der Waals surface area (Å²) in [6.07, 6.45) is 1.88. The molecular weight excluding hydrogens is 378 g/mol. The second-order valence-corrected chi connectivity index (χ2v) is 7.71. The number of anilines is 2. The number of nitrogen functional groups attached to an aromatic ring is 1. The smallest absolute Gasteiger partial charge is 0.332 e. The molecule has 1 aliphatic carbocycles. The largest absolute Gasteiger partial charge is 0.384 e. The van der Waals surface area contributed by atoms with Crippen molar-refractivity contribution in [3.63, 3.8) is 0 Å². The van der Waals surface area contributed by atoms with Crippen LogP contribution in [-0.2, 0) is 18.9 Å². The molecule has 0 saturated heterocycles. The maximum atomic E-state index is 12.5. The van der Waals surface area contributed by atoms with E-state index >= 15 is 0 Å². The zero-order chi connectivity index (χ0) is 20.0. The van der Waals surface area contributed by atoms with Crippen LogP contribution in [0.1, 0.15) is 12.8 Å². The van der Waals surface area contributed by atoms with Crippen LogP contribution in [0.3, 0.4) is 0 Å². The van der Waals surface area contributed by atoms with E-state index in [4.69, 9.17) is 5.73 Å². The normalized spacial score (nSPS) is 13.5. The minimum atomic E-state index is -0.485. The lowest BCUT2D eigenvalue weighted by Gasteiger charge is -2.09. The van der Waals surface area contributed by atoms with Gasteiger partial charge in [0.1, 0.15) is 16.4 Å². The molecule has 0 bridgehead atoms. The van der Waals surface area contributed by atoms with Crippen LogP contribution < -0.4 is 22.3 Å². The van der Waals surface area contributed by atoms with Gasteiger partial charge in [0.05, 0.1) is 5.69 Å². The summed E-state index contributed by atoms with van der Waals surface area (Å²) in [6.45, 7) is 0. The van der Waals surface area contributed by atoms with E-state index in [-0.39, 0.29) is 23.2 Å². The highest BCUT2D eigenvalue weighted by atomic mass is 32.1. The Morgan fingerprint density at radius 3 is 2.71 bits per heavy atom. The highest BCUT2D eigenvalue weighted by molar-refractivity contribution is 7.13. The van der Waals surface area contributed by atoms with Crippen molar-refractivity contribution in [1.29, 1.82) is 0 Å². The van der Waals surface area contributed by atoms with Gasteiger partial charge in [-0.25, -0.2) is 9.78 Å². The highest BCUT2D eigenvalue weighted by Gasteiger charge is 2.29. The van der Waals surface area contributed by atoms with E-state index in [0.29, 0.717) is 16.4 Å². The van der Waals surface area contributed by atoms with Crippen molar-refractivity contribution in [3.8, 4) is 21.8 Å². The third-order valence-electron chi connectivity index (χ3n) is 4.80. The molecule has 4 rings (SSSR count). The molecule has 8 nitrogen and oxygen atoms in total. The van der Waals surface area contributed by atoms with Gasteiger partial charge in [-0.3, -0.25) is 18.7 Å². The third-order valence-corrected chi connectivity index (χ3v) is 5.69. The number of nitrogens with two attached hydrogens (primary N) is 1. The standard InChI is InChI=1S/C19H19N5O3S/c1-23-15(20)14(18(26)24(2)19(23)27)13-9-28-17(22-13)11-4-3-5-12(8-11)21-16(25)10-6-7-10/h3-5,8-10H,6-7,20H2,1-2H3,(H,21,25). The van der Waals surface area contributed by atoms with Crippen LogP contribution in [0.15, 0.2) is 39.2 Å². The van der Waals surface area contributed by atoms with E-state index < -0.39 is 11.2 Å². The highest BCUT2D eigenvalue weighted by Crippen LogP contribution is 2.32. The minimum Gasteiger partial charge on any atom is -0.384 e. The van der Waals surface area contributed by atoms with Crippen LogP contribution in [0.25, 0.3) is 21.8 Å². The Hall–Kier alpha value is -3.20. The average Bonchev–Trinajstić information content (AvgIpc) is 3.44. The number of hydrogen-bond donors (Lipinski definition) is 2. The van der Waals surface area contributed by atoms with Gasteiger partial charge in [0.2, 0.25) is 5.91 Å². The molecule has 1 aromatic carbocycles. The SMILES string of the molecule is Cn1c(N)c(-c2csc(-c3cccc(NC(=O)C4CC4)c3)n2)c(=O)n(C)c1=O. The van der Waals surface area contributed by atoms with Crippen molar-refractivity contribution in [1.82, 2.24) is 14.1 Å². The van der Waals surface area contributed by atoms with Crippen LogP contribution >= 0.6 is 11.3 Å². The maximum absolute atomic E-state index is 12.5. The average molecular weight is 397 g/mol. The molecule has 2 heterocycles. The fourth-order valence-corrected chi connectivity index (χ4v) is 3.75. The summed E-state index contributed by atoms with van der Waals surface area (Å²) in [7, 11) is 2.92. The van der Waals surface area contributed by atoms with Gasteiger partial charge in [0, 0.05) is 36.6 Å². The van der Waals surface area contributed by atoms with Crippen molar-refractivity contribution >= 4 is 28.7 Å². The molecule has 28 heavy (non-hydrogen) atoms. The summed E-state index contributed by atoms with van der Waals surface area (Å²) in [6, 6.07) is 7.42. The van der Waals surface area contributed by atoms with Crippen LogP contribution in [-0.4, -0.2) is 20.0 Å². The summed E-state index contributed by atoms with van der Waals surface area (Å²) < 4.78 is 2.24. The summed E-state index contributed by atoms with van der Waals surface area (Å²) in [5.41, 5.74) is 7.20. The second kappa shape index (κ2) is 6.75. The first-order chi connectivity index (χ1) is 13.4. The predicted octanol–water partition coefficient (Wildman–Crippen LogP) is 1.81. The molecule has 144 valence electrons. The Bertz CT molecular complexity index is 1200. The van der Waals surface area contributed by atoms with Gasteiger partial charge >= 0.3 is 5.69 Å². The molecule has 9 heteroatoms. The number of rotatable bonds is 4. The summed E-state index contributed by atoms with van der Waals surface area (Å²) in [5, 5.41) is 5.34. The monoisotopic (exact) mass is 397 g/mol. The molecule has 1 aliphatic rings. The Morgan fingerprint density at radius 1 is 1.25 bits per heavy atom. The molecular formula is C19H19N5O3S. The molecule has 0 aliphatic heterocycles. The lowest BCUT2D eigenvalue weighted by molar-refractivity contribution is -0.117. The Kier molecular flexibility index (Phi) is 4.38. The molecule has 3 N–H and O–H groups in total. The van der Waals surface area contributed by atoms with Gasteiger partial charge in [-0.1, -0.05) is 12.1 Å². The Labute approximate surface area is 164 Å². The number of amides is 1. The summed E-state index contributed by atoms with van der Waals surface area (Å²) in [4.78, 5) is 41.1. The third kappa shape index (κ3) is 3.13. The number of hydrogen-bond acceptors (Lipinski definition) is 6. The molecule has 0 radical (unpaired) electrons. The number of carbonyl (C=O) groups excluding carboxylic acids is 1. The minimum absolute atomic E-state index is 0.0402. The van der Waals surface area contributed by atoms with Crippen molar-refractivity contribution < 1.29 is 4.79 Å². The number of aromatic nitrogens is 3. The van der Waals surface area contributed by atoms with Gasteiger partial charge in [-0.2, -0.15) is 0 Å². The Balaban J connectivity index is 1.70. The number of benzene rings is 1. The maximum Gasteiger partial charge on any atom is 0.332 e. The van der Waals surface area contributed by atoms with E-state index in [1.807, 2.05) is 24.3 Å². The zero-order valence-electron chi connectivity index (χ0n) is 15.4. The van der Waals surface area contributed by atoms with Crippen LogP contribution in [0.2, 0.25) is 0 Å². The van der Waals surface area contributed by atoms with E-state index in [1.54, 1.807) is 5.38 Å². The van der Waals surface area contributed by atoms with Gasteiger partial charge < -0.3 is 11.1 Å². The van der Waals surface area contributed by atoms with Crippen molar-refractivity contribution in [2.45, 2.75) is 12.8 Å². The molecule has 3 aromatic rings. The predicted molar refractivity (Wildman–Crippen MR) is 109 cm³/mol. The topological polar surface area (TPSA) is 112 Å². The van der Waals surface area contributed by atoms with E-state index in [9.17, 15) is 14.4 Å². The van der Waals surface area contributed by atoms with E-state index in [1.165, 1.54) is 30.0 Å². The van der Waals surface area contributed by atoms with Crippen LogP contribution in [0, 0.1) is 5.92 Å². The van der Waals surface area contributed by atoms with E-state index in [0.717, 1.165) is 23.0 Å². The number of nitrogens with zero attached hydrogens (tertiary/aromatic N) is 3. The molecule has 1 fully saturated rings. The lowest BCUT2D eigenvalue weighted by Crippen LogP contribution is -2.39. The van der Waals surface area contributed by atoms with Crippen LogP contribution in [0.5, 0.6) is 0 Å².